The molecule has 6 nitrogen and oxygen atoms in total. The maximum Gasteiger partial charge on any atom is 0.253 e. The fourth-order valence-electron chi connectivity index (χ4n) is 2.92. The monoisotopic (exact) mass is 390 g/mol. The highest BCUT2D eigenvalue weighted by molar-refractivity contribution is 7.91. The molecule has 8 heteroatoms. The predicted octanol–water partition coefficient (Wildman–Crippen LogP) is 1.73. The fraction of sp³-hybridized carbons (Fsp3) is 0.588. The number of methoxy groups -OCH3 is 1. The zero-order chi connectivity index (χ0) is 17.7. The van der Waals surface area contributed by atoms with E-state index in [-0.39, 0.29) is 41.6 Å². The lowest BCUT2D eigenvalue weighted by atomic mass is 9.92. The van der Waals surface area contributed by atoms with Gasteiger partial charge in [-0.25, -0.2) is 8.42 Å². The summed E-state index contributed by atoms with van der Waals surface area (Å²) in [5.41, 5.74) is 6.47. The average Bonchev–Trinajstić information content (AvgIpc) is 2.59. The van der Waals surface area contributed by atoms with Crippen LogP contribution >= 0.6 is 12.4 Å². The number of halogens is 1. The zero-order valence-electron chi connectivity index (χ0n) is 14.7. The third kappa shape index (κ3) is 5.67. The summed E-state index contributed by atoms with van der Waals surface area (Å²) in [5.74, 6) is 0.177. The Labute approximate surface area is 156 Å². The Morgan fingerprint density at radius 3 is 2.56 bits per heavy atom. The number of nitrogens with two attached hydrogens (primary N) is 1. The molecule has 1 heterocycles. The van der Waals surface area contributed by atoms with Crippen molar-refractivity contribution in [3.63, 3.8) is 0 Å². The van der Waals surface area contributed by atoms with Gasteiger partial charge < -0.3 is 15.4 Å². The van der Waals surface area contributed by atoms with Crippen LogP contribution in [0.4, 0.5) is 0 Å². The van der Waals surface area contributed by atoms with E-state index in [0.717, 1.165) is 19.4 Å². The summed E-state index contributed by atoms with van der Waals surface area (Å²) in [6.07, 6.45) is 1.99. The molecular formula is C17H27ClN2O4S. The highest BCUT2D eigenvalue weighted by atomic mass is 35.5. The molecule has 2 unspecified atom stereocenters. The van der Waals surface area contributed by atoms with Gasteiger partial charge in [0.05, 0.1) is 17.3 Å². The summed E-state index contributed by atoms with van der Waals surface area (Å²) >= 11 is 0. The predicted molar refractivity (Wildman–Crippen MR) is 99.9 cm³/mol. The van der Waals surface area contributed by atoms with Crippen LogP contribution in [-0.2, 0) is 14.6 Å². The van der Waals surface area contributed by atoms with Crippen molar-refractivity contribution in [2.75, 3.05) is 32.6 Å². The fourth-order valence-corrected chi connectivity index (χ4v) is 4.09. The number of carbonyl (C=O) groups is 1. The largest absolute Gasteiger partial charge is 0.384 e. The summed E-state index contributed by atoms with van der Waals surface area (Å²) < 4.78 is 29.0. The summed E-state index contributed by atoms with van der Waals surface area (Å²) in [4.78, 5) is 14.6. The van der Waals surface area contributed by atoms with Crippen LogP contribution < -0.4 is 5.73 Å². The number of likely N-dealkylation sites (tertiary alicyclic amines) is 1. The molecule has 142 valence electrons. The van der Waals surface area contributed by atoms with Crippen molar-refractivity contribution in [3.05, 3.63) is 29.8 Å². The molecule has 1 aromatic carbocycles. The van der Waals surface area contributed by atoms with Gasteiger partial charge in [-0.05, 0) is 49.9 Å². The van der Waals surface area contributed by atoms with E-state index < -0.39 is 9.84 Å². The molecule has 0 saturated carbocycles. The Kier molecular flexibility index (Phi) is 8.34. The normalized spacial score (nSPS) is 19.2. The third-order valence-electron chi connectivity index (χ3n) is 4.51. The molecule has 0 aromatic heterocycles. The second-order valence-electron chi connectivity index (χ2n) is 6.35. The van der Waals surface area contributed by atoms with Crippen molar-refractivity contribution in [2.45, 2.75) is 30.7 Å². The lowest BCUT2D eigenvalue weighted by molar-refractivity contribution is 0.0661. The van der Waals surface area contributed by atoms with Crippen LogP contribution in [0.25, 0.3) is 0 Å². The lowest BCUT2D eigenvalue weighted by Gasteiger charge is -2.34. The number of carbonyl (C=O) groups excluding carboxylic acids is 1. The third-order valence-corrected chi connectivity index (χ3v) is 6.20. The SMILES string of the molecule is COCCS(=O)(=O)c1ccc(C(=O)N2CCCC(C(C)N)C2)cc1.Cl. The molecule has 1 amide bonds. The second-order valence-corrected chi connectivity index (χ2v) is 8.46. The maximum absolute atomic E-state index is 12.6. The molecule has 0 radical (unpaired) electrons. The molecule has 0 bridgehead atoms. The first-order valence-electron chi connectivity index (χ1n) is 8.22. The number of ether oxygens (including phenoxy) is 1. The first kappa shape index (κ1) is 21.9. The number of sulfone groups is 1. The van der Waals surface area contributed by atoms with Gasteiger partial charge in [0, 0.05) is 31.8 Å². The molecule has 2 atom stereocenters. The Hall–Kier alpha value is -1.15. The molecule has 2 rings (SSSR count). The van der Waals surface area contributed by atoms with Gasteiger partial charge in [-0.1, -0.05) is 0 Å². The first-order chi connectivity index (χ1) is 11.3. The molecular weight excluding hydrogens is 364 g/mol. The maximum atomic E-state index is 12.6. The first-order valence-corrected chi connectivity index (χ1v) is 9.87. The highest BCUT2D eigenvalue weighted by Crippen LogP contribution is 2.21. The van der Waals surface area contributed by atoms with Gasteiger partial charge in [-0.3, -0.25) is 4.79 Å². The molecule has 1 aromatic rings. The highest BCUT2D eigenvalue weighted by Gasteiger charge is 2.26. The zero-order valence-corrected chi connectivity index (χ0v) is 16.3. The molecule has 1 aliphatic rings. The lowest BCUT2D eigenvalue weighted by Crippen LogP contribution is -2.45. The van der Waals surface area contributed by atoms with Crippen LogP contribution in [0.5, 0.6) is 0 Å². The number of rotatable bonds is 6. The number of amides is 1. The smallest absolute Gasteiger partial charge is 0.253 e. The average molecular weight is 391 g/mol. The Morgan fingerprint density at radius 1 is 1.36 bits per heavy atom. The van der Waals surface area contributed by atoms with Crippen LogP contribution in [0.1, 0.15) is 30.1 Å². The molecule has 0 spiro atoms. The summed E-state index contributed by atoms with van der Waals surface area (Å²) in [7, 11) is -1.91. The van der Waals surface area contributed by atoms with E-state index in [0.29, 0.717) is 18.0 Å². The van der Waals surface area contributed by atoms with Crippen molar-refractivity contribution in [2.24, 2.45) is 11.7 Å². The van der Waals surface area contributed by atoms with Crippen LogP contribution in [0.3, 0.4) is 0 Å². The molecule has 0 aliphatic carbocycles. The van der Waals surface area contributed by atoms with Crippen molar-refractivity contribution in [1.29, 1.82) is 0 Å². The number of hydrogen-bond acceptors (Lipinski definition) is 5. The van der Waals surface area contributed by atoms with E-state index in [4.69, 9.17) is 10.5 Å². The Morgan fingerprint density at radius 2 is 2.00 bits per heavy atom. The minimum atomic E-state index is -3.38. The van der Waals surface area contributed by atoms with E-state index in [9.17, 15) is 13.2 Å². The van der Waals surface area contributed by atoms with Crippen LogP contribution in [0.2, 0.25) is 0 Å². The Balaban J connectivity index is 0.00000312. The van der Waals surface area contributed by atoms with E-state index in [1.165, 1.54) is 19.2 Å². The van der Waals surface area contributed by atoms with E-state index in [1.54, 1.807) is 12.1 Å². The van der Waals surface area contributed by atoms with E-state index in [2.05, 4.69) is 0 Å². The molecule has 1 saturated heterocycles. The number of hydrogen-bond donors (Lipinski definition) is 1. The number of benzene rings is 1. The van der Waals surface area contributed by atoms with Crippen molar-refractivity contribution in [3.8, 4) is 0 Å². The summed E-state index contributed by atoms with van der Waals surface area (Å²) in [5, 5.41) is 0. The Bertz CT molecular complexity index is 662. The minimum absolute atomic E-state index is 0. The second kappa shape index (κ2) is 9.52. The molecule has 25 heavy (non-hydrogen) atoms. The quantitative estimate of drug-likeness (QED) is 0.798. The molecule has 2 N–H and O–H groups in total. The van der Waals surface area contributed by atoms with Crippen LogP contribution in [0, 0.1) is 5.92 Å². The number of nitrogens with zero attached hydrogens (tertiary/aromatic N) is 1. The minimum Gasteiger partial charge on any atom is -0.384 e. The van der Waals surface area contributed by atoms with Gasteiger partial charge in [0.2, 0.25) is 0 Å². The van der Waals surface area contributed by atoms with Gasteiger partial charge in [-0.15, -0.1) is 12.4 Å². The van der Waals surface area contributed by atoms with E-state index in [1.807, 2.05) is 11.8 Å². The van der Waals surface area contributed by atoms with Gasteiger partial charge in [-0.2, -0.15) is 0 Å². The van der Waals surface area contributed by atoms with Crippen LogP contribution in [0.15, 0.2) is 29.2 Å². The van der Waals surface area contributed by atoms with Crippen LogP contribution in [-0.4, -0.2) is 57.8 Å². The van der Waals surface area contributed by atoms with Gasteiger partial charge >= 0.3 is 0 Å². The topological polar surface area (TPSA) is 89.7 Å². The standard InChI is InChI=1S/C17H26N2O4S.ClH/c1-13(18)15-4-3-9-19(12-15)17(20)14-5-7-16(8-6-14)24(21,22)11-10-23-2;/h5-8,13,15H,3-4,9-12,18H2,1-2H3;1H. The van der Waals surface area contributed by atoms with Crippen molar-refractivity contribution < 1.29 is 17.9 Å². The molecule has 1 fully saturated rings. The summed E-state index contributed by atoms with van der Waals surface area (Å²) in [6.45, 7) is 3.49. The van der Waals surface area contributed by atoms with E-state index >= 15 is 0 Å². The molecule has 1 aliphatic heterocycles. The van der Waals surface area contributed by atoms with Gasteiger partial charge in [0.15, 0.2) is 9.84 Å². The van der Waals surface area contributed by atoms with Crippen molar-refractivity contribution >= 4 is 28.2 Å². The van der Waals surface area contributed by atoms with Crippen molar-refractivity contribution in [1.82, 2.24) is 4.90 Å². The summed E-state index contributed by atoms with van der Waals surface area (Å²) in [6, 6.07) is 6.21. The van der Waals surface area contributed by atoms with Gasteiger partial charge in [0.1, 0.15) is 0 Å². The number of piperidine rings is 1. The van der Waals surface area contributed by atoms with Gasteiger partial charge in [0.25, 0.3) is 5.91 Å².